The second kappa shape index (κ2) is 6.37. The van der Waals surface area contributed by atoms with Crippen molar-refractivity contribution in [2.24, 2.45) is 0 Å². The molecule has 0 atom stereocenters. The van der Waals surface area contributed by atoms with Gasteiger partial charge in [0.25, 0.3) is 5.91 Å². The Hall–Kier alpha value is -2.59. The topological polar surface area (TPSA) is 36.1 Å². The third-order valence-corrected chi connectivity index (χ3v) is 4.91. The lowest BCUT2D eigenvalue weighted by Crippen LogP contribution is -2.34. The maximum absolute atomic E-state index is 13.0. The predicted octanol–water partition coefficient (Wildman–Crippen LogP) is 4.89. The van der Waals surface area contributed by atoms with Gasteiger partial charge in [0.05, 0.1) is 10.5 Å². The van der Waals surface area contributed by atoms with E-state index in [4.69, 9.17) is 11.6 Å². The summed E-state index contributed by atoms with van der Waals surface area (Å²) < 4.78 is 13.0. The van der Waals surface area contributed by atoms with Crippen LogP contribution in [-0.4, -0.2) is 28.9 Å². The largest absolute Gasteiger partial charge is 0.359 e. The minimum Gasteiger partial charge on any atom is -0.359 e. The van der Waals surface area contributed by atoms with Crippen LogP contribution < -0.4 is 0 Å². The number of H-pyrrole nitrogens is 1. The molecule has 3 aromatic rings. The molecule has 0 aliphatic carbocycles. The SMILES string of the molecule is O=C(c1ccc(F)cc1)N1CC=C(c2c[nH]c3c(Cl)cccc23)CC1. The summed E-state index contributed by atoms with van der Waals surface area (Å²) in [6.07, 6.45) is 4.82. The van der Waals surface area contributed by atoms with Gasteiger partial charge in [0.1, 0.15) is 5.82 Å². The number of hydrogen-bond acceptors (Lipinski definition) is 1. The first kappa shape index (κ1) is 15.9. The second-order valence-electron chi connectivity index (χ2n) is 6.10. The van der Waals surface area contributed by atoms with Crippen LogP contribution in [0.4, 0.5) is 4.39 Å². The molecule has 4 rings (SSSR count). The van der Waals surface area contributed by atoms with Crippen molar-refractivity contribution in [3.05, 3.63) is 76.7 Å². The van der Waals surface area contributed by atoms with Crippen molar-refractivity contribution in [2.45, 2.75) is 6.42 Å². The zero-order valence-electron chi connectivity index (χ0n) is 13.4. The third-order valence-electron chi connectivity index (χ3n) is 4.60. The molecule has 126 valence electrons. The Bertz CT molecular complexity index is 975. The van der Waals surface area contributed by atoms with E-state index in [1.807, 2.05) is 24.4 Å². The second-order valence-corrected chi connectivity index (χ2v) is 6.51. The number of rotatable bonds is 2. The van der Waals surface area contributed by atoms with Crippen LogP contribution in [-0.2, 0) is 0 Å². The van der Waals surface area contributed by atoms with E-state index in [1.54, 1.807) is 4.90 Å². The molecule has 1 aromatic heterocycles. The number of carbonyl (C=O) groups is 1. The Kier molecular flexibility index (Phi) is 4.06. The van der Waals surface area contributed by atoms with Gasteiger partial charge in [-0.2, -0.15) is 0 Å². The number of aromatic amines is 1. The van der Waals surface area contributed by atoms with Crippen LogP contribution in [0.3, 0.4) is 0 Å². The summed E-state index contributed by atoms with van der Waals surface area (Å²) >= 11 is 6.22. The van der Waals surface area contributed by atoms with Crippen molar-refractivity contribution < 1.29 is 9.18 Å². The summed E-state index contributed by atoms with van der Waals surface area (Å²) in [5, 5.41) is 1.80. The molecule has 0 spiro atoms. The van der Waals surface area contributed by atoms with E-state index < -0.39 is 0 Å². The van der Waals surface area contributed by atoms with Gasteiger partial charge in [-0.1, -0.05) is 29.8 Å². The summed E-state index contributed by atoms with van der Waals surface area (Å²) in [6.45, 7) is 1.17. The van der Waals surface area contributed by atoms with Crippen LogP contribution in [0, 0.1) is 5.82 Å². The van der Waals surface area contributed by atoms with Crippen molar-refractivity contribution in [2.75, 3.05) is 13.1 Å². The summed E-state index contributed by atoms with van der Waals surface area (Å²) in [4.78, 5) is 17.5. The maximum atomic E-state index is 13.0. The Morgan fingerprint density at radius 2 is 1.96 bits per heavy atom. The predicted molar refractivity (Wildman–Crippen MR) is 98.2 cm³/mol. The molecule has 0 fully saturated rings. The summed E-state index contributed by atoms with van der Waals surface area (Å²) in [5.41, 5.74) is 3.78. The molecule has 1 N–H and O–H groups in total. The van der Waals surface area contributed by atoms with Crippen LogP contribution in [0.15, 0.2) is 54.7 Å². The van der Waals surface area contributed by atoms with E-state index in [9.17, 15) is 9.18 Å². The fraction of sp³-hybridized carbons (Fsp3) is 0.150. The van der Waals surface area contributed by atoms with E-state index in [-0.39, 0.29) is 11.7 Å². The minimum atomic E-state index is -0.338. The van der Waals surface area contributed by atoms with Gasteiger partial charge < -0.3 is 9.88 Å². The molecule has 0 bridgehead atoms. The molecule has 3 nitrogen and oxygen atoms in total. The molecule has 2 heterocycles. The number of nitrogens with zero attached hydrogens (tertiary/aromatic N) is 1. The normalized spacial score (nSPS) is 14.6. The first-order chi connectivity index (χ1) is 12.1. The first-order valence-corrected chi connectivity index (χ1v) is 8.51. The van der Waals surface area contributed by atoms with Gasteiger partial charge in [0.15, 0.2) is 0 Å². The number of halogens is 2. The van der Waals surface area contributed by atoms with E-state index in [2.05, 4.69) is 11.1 Å². The minimum absolute atomic E-state index is 0.0720. The van der Waals surface area contributed by atoms with Gasteiger partial charge in [0.2, 0.25) is 0 Å². The fourth-order valence-corrected chi connectivity index (χ4v) is 3.49. The highest BCUT2D eigenvalue weighted by molar-refractivity contribution is 6.35. The number of carbonyl (C=O) groups excluding carboxylic acids is 1. The molecule has 25 heavy (non-hydrogen) atoms. The fourth-order valence-electron chi connectivity index (χ4n) is 3.26. The molecule has 0 saturated heterocycles. The van der Waals surface area contributed by atoms with Crippen LogP contribution in [0.2, 0.25) is 5.02 Å². The summed E-state index contributed by atoms with van der Waals surface area (Å²) in [5.74, 6) is -0.410. The van der Waals surface area contributed by atoms with Gasteiger partial charge in [-0.05, 0) is 42.3 Å². The van der Waals surface area contributed by atoms with Gasteiger partial charge in [-0.25, -0.2) is 4.39 Å². The average Bonchev–Trinajstić information content (AvgIpc) is 3.07. The Labute approximate surface area is 149 Å². The van der Waals surface area contributed by atoms with Crippen LogP contribution in [0.1, 0.15) is 22.3 Å². The summed E-state index contributed by atoms with van der Waals surface area (Å²) in [6, 6.07) is 11.5. The van der Waals surface area contributed by atoms with Crippen molar-refractivity contribution >= 4 is 34.0 Å². The first-order valence-electron chi connectivity index (χ1n) is 8.13. The van der Waals surface area contributed by atoms with Gasteiger partial charge in [-0.3, -0.25) is 4.79 Å². The number of amides is 1. The Morgan fingerprint density at radius 1 is 1.16 bits per heavy atom. The van der Waals surface area contributed by atoms with Gasteiger partial charge in [-0.15, -0.1) is 0 Å². The van der Waals surface area contributed by atoms with Gasteiger partial charge in [0, 0.05) is 35.8 Å². The highest BCUT2D eigenvalue weighted by atomic mass is 35.5. The van der Waals surface area contributed by atoms with Crippen molar-refractivity contribution in [3.63, 3.8) is 0 Å². The van der Waals surface area contributed by atoms with Crippen molar-refractivity contribution in [3.8, 4) is 0 Å². The van der Waals surface area contributed by atoms with E-state index in [0.717, 1.165) is 22.9 Å². The molecule has 2 aromatic carbocycles. The number of aromatic nitrogens is 1. The van der Waals surface area contributed by atoms with Crippen LogP contribution >= 0.6 is 11.6 Å². The lowest BCUT2D eigenvalue weighted by atomic mass is 9.98. The van der Waals surface area contributed by atoms with Crippen molar-refractivity contribution in [1.29, 1.82) is 0 Å². The molecular weight excluding hydrogens is 339 g/mol. The van der Waals surface area contributed by atoms with Gasteiger partial charge >= 0.3 is 0 Å². The standard InChI is InChI=1S/C20H16ClFN2O/c21-18-3-1-2-16-17(12-23-19(16)18)13-8-10-24(11-9-13)20(25)14-4-6-15(22)7-5-14/h1-8,12,23H,9-11H2. The third kappa shape index (κ3) is 2.94. The lowest BCUT2D eigenvalue weighted by Gasteiger charge is -2.26. The number of nitrogens with one attached hydrogen (secondary N) is 1. The highest BCUT2D eigenvalue weighted by Gasteiger charge is 2.20. The molecule has 0 unspecified atom stereocenters. The smallest absolute Gasteiger partial charge is 0.254 e. The van der Waals surface area contributed by atoms with E-state index in [1.165, 1.54) is 29.8 Å². The van der Waals surface area contributed by atoms with Crippen molar-refractivity contribution in [1.82, 2.24) is 9.88 Å². The zero-order valence-corrected chi connectivity index (χ0v) is 14.2. The van der Waals surface area contributed by atoms with Crippen LogP contribution in [0.5, 0.6) is 0 Å². The van der Waals surface area contributed by atoms with Crippen LogP contribution in [0.25, 0.3) is 16.5 Å². The molecule has 1 aliphatic rings. The number of benzene rings is 2. The number of para-hydroxylation sites is 1. The monoisotopic (exact) mass is 354 g/mol. The molecular formula is C20H16ClFN2O. The van der Waals surface area contributed by atoms with E-state index >= 15 is 0 Å². The molecule has 1 amide bonds. The quantitative estimate of drug-likeness (QED) is 0.698. The van der Waals surface area contributed by atoms with E-state index in [0.29, 0.717) is 23.7 Å². The Morgan fingerprint density at radius 3 is 2.68 bits per heavy atom. The zero-order chi connectivity index (χ0) is 17.4. The Balaban J connectivity index is 1.56. The highest BCUT2D eigenvalue weighted by Crippen LogP contribution is 2.32. The number of fused-ring (bicyclic) bond motifs is 1. The maximum Gasteiger partial charge on any atom is 0.254 e. The molecule has 5 heteroatoms. The summed E-state index contributed by atoms with van der Waals surface area (Å²) in [7, 11) is 0. The lowest BCUT2D eigenvalue weighted by molar-refractivity contribution is 0.0773. The number of hydrogen-bond donors (Lipinski definition) is 1. The molecule has 0 radical (unpaired) electrons. The molecule has 0 saturated carbocycles. The molecule has 1 aliphatic heterocycles. The average molecular weight is 355 g/mol.